The highest BCUT2D eigenvalue weighted by Crippen LogP contribution is 2.21. The summed E-state index contributed by atoms with van der Waals surface area (Å²) in [5.41, 5.74) is 0.508. The highest BCUT2D eigenvalue weighted by Gasteiger charge is 2.08. The standard InChI is InChI=1S/C26H55N/c1-5-6-7-8-9-10-11-12-13-14-15-16-17-18-19-21-24-27-25-22-20-23-26(2,3)4/h27H,5-25H2,1-4H3. The lowest BCUT2D eigenvalue weighted by atomic mass is 9.90. The predicted molar refractivity (Wildman–Crippen MR) is 126 cm³/mol. The molecule has 0 saturated carbocycles. The highest BCUT2D eigenvalue weighted by molar-refractivity contribution is 4.61. The van der Waals surface area contributed by atoms with E-state index in [9.17, 15) is 0 Å². The summed E-state index contributed by atoms with van der Waals surface area (Å²) in [4.78, 5) is 0. The number of hydrogen-bond acceptors (Lipinski definition) is 1. The Kier molecular flexibility index (Phi) is 20.7. The van der Waals surface area contributed by atoms with Gasteiger partial charge in [0.25, 0.3) is 0 Å². The molecule has 1 nitrogen and oxygen atoms in total. The van der Waals surface area contributed by atoms with Crippen molar-refractivity contribution in [2.75, 3.05) is 13.1 Å². The van der Waals surface area contributed by atoms with E-state index in [4.69, 9.17) is 0 Å². The molecule has 27 heavy (non-hydrogen) atoms. The Labute approximate surface area is 173 Å². The molecule has 0 bridgehead atoms. The van der Waals surface area contributed by atoms with Crippen molar-refractivity contribution >= 4 is 0 Å². The summed E-state index contributed by atoms with van der Waals surface area (Å²) in [6.07, 6.45) is 27.3. The van der Waals surface area contributed by atoms with E-state index in [1.807, 2.05) is 0 Å². The van der Waals surface area contributed by atoms with Crippen LogP contribution in [0.2, 0.25) is 0 Å². The molecule has 0 aromatic carbocycles. The first-order valence-electron chi connectivity index (χ1n) is 12.8. The second kappa shape index (κ2) is 20.7. The van der Waals surface area contributed by atoms with Crippen LogP contribution in [0.3, 0.4) is 0 Å². The van der Waals surface area contributed by atoms with Crippen LogP contribution in [0.1, 0.15) is 150 Å². The SMILES string of the molecule is CCCCCCCCCCCCCCCCCCNCCCCC(C)(C)C. The quantitative estimate of drug-likeness (QED) is 0.195. The summed E-state index contributed by atoms with van der Waals surface area (Å²) in [7, 11) is 0. The molecule has 0 aliphatic heterocycles. The lowest BCUT2D eigenvalue weighted by Crippen LogP contribution is -2.17. The van der Waals surface area contributed by atoms with Crippen LogP contribution in [0, 0.1) is 5.41 Å². The molecule has 164 valence electrons. The van der Waals surface area contributed by atoms with E-state index in [2.05, 4.69) is 33.0 Å². The van der Waals surface area contributed by atoms with Crippen molar-refractivity contribution in [3.63, 3.8) is 0 Å². The van der Waals surface area contributed by atoms with Crippen molar-refractivity contribution in [2.45, 2.75) is 150 Å². The molecule has 0 aromatic rings. The van der Waals surface area contributed by atoms with Crippen LogP contribution in [0.4, 0.5) is 0 Å². The monoisotopic (exact) mass is 381 g/mol. The molecule has 0 aliphatic rings. The smallest absolute Gasteiger partial charge is 0.00489 e. The summed E-state index contributed by atoms with van der Waals surface area (Å²) < 4.78 is 0. The molecular weight excluding hydrogens is 326 g/mol. The van der Waals surface area contributed by atoms with Gasteiger partial charge in [-0.15, -0.1) is 0 Å². The first-order valence-corrected chi connectivity index (χ1v) is 12.8. The summed E-state index contributed by atoms with van der Waals surface area (Å²) in [6, 6.07) is 0. The van der Waals surface area contributed by atoms with Crippen LogP contribution < -0.4 is 5.32 Å². The van der Waals surface area contributed by atoms with Crippen molar-refractivity contribution in [3.8, 4) is 0 Å². The molecule has 0 heterocycles. The van der Waals surface area contributed by atoms with Gasteiger partial charge in [-0.05, 0) is 37.8 Å². The molecule has 0 aromatic heterocycles. The highest BCUT2D eigenvalue weighted by atomic mass is 14.8. The van der Waals surface area contributed by atoms with E-state index in [0.29, 0.717) is 5.41 Å². The van der Waals surface area contributed by atoms with Gasteiger partial charge in [0.2, 0.25) is 0 Å². The Morgan fingerprint density at radius 1 is 0.444 bits per heavy atom. The molecule has 0 fully saturated rings. The van der Waals surface area contributed by atoms with Crippen molar-refractivity contribution in [1.82, 2.24) is 5.32 Å². The first-order chi connectivity index (χ1) is 13.1. The minimum absolute atomic E-state index is 0.508. The van der Waals surface area contributed by atoms with Crippen LogP contribution in [0.15, 0.2) is 0 Å². The number of nitrogens with one attached hydrogen (secondary N) is 1. The zero-order valence-corrected chi connectivity index (χ0v) is 19.8. The van der Waals surface area contributed by atoms with Gasteiger partial charge in [0.1, 0.15) is 0 Å². The zero-order chi connectivity index (χ0) is 20.1. The summed E-state index contributed by atoms with van der Waals surface area (Å²) in [5.74, 6) is 0. The average Bonchev–Trinajstić information content (AvgIpc) is 2.62. The molecular formula is C26H55N. The van der Waals surface area contributed by atoms with Gasteiger partial charge < -0.3 is 5.32 Å². The van der Waals surface area contributed by atoms with Crippen molar-refractivity contribution in [2.24, 2.45) is 5.41 Å². The van der Waals surface area contributed by atoms with Gasteiger partial charge in [-0.1, -0.05) is 130 Å². The third-order valence-electron chi connectivity index (χ3n) is 5.74. The lowest BCUT2D eigenvalue weighted by Gasteiger charge is -2.17. The molecule has 1 heteroatoms. The molecule has 0 aliphatic carbocycles. The molecule has 0 atom stereocenters. The minimum atomic E-state index is 0.508. The number of hydrogen-bond donors (Lipinski definition) is 1. The molecule has 1 N–H and O–H groups in total. The largest absolute Gasteiger partial charge is 0.317 e. The van der Waals surface area contributed by atoms with Gasteiger partial charge >= 0.3 is 0 Å². The Morgan fingerprint density at radius 2 is 0.778 bits per heavy atom. The predicted octanol–water partition coefficient (Wildman–Crippen LogP) is 9.05. The van der Waals surface area contributed by atoms with Gasteiger partial charge in [0, 0.05) is 0 Å². The van der Waals surface area contributed by atoms with Crippen LogP contribution in [-0.4, -0.2) is 13.1 Å². The fourth-order valence-electron chi connectivity index (χ4n) is 3.83. The minimum Gasteiger partial charge on any atom is -0.317 e. The van der Waals surface area contributed by atoms with E-state index in [1.165, 1.54) is 135 Å². The summed E-state index contributed by atoms with van der Waals surface area (Å²) in [5, 5.41) is 3.62. The van der Waals surface area contributed by atoms with Crippen LogP contribution in [0.5, 0.6) is 0 Å². The van der Waals surface area contributed by atoms with Crippen LogP contribution in [-0.2, 0) is 0 Å². The maximum Gasteiger partial charge on any atom is -0.00489 e. The number of unbranched alkanes of at least 4 members (excludes halogenated alkanes) is 16. The Bertz CT molecular complexity index is 266. The summed E-state index contributed by atoms with van der Waals surface area (Å²) in [6.45, 7) is 11.8. The molecule has 0 saturated heterocycles. The fraction of sp³-hybridized carbons (Fsp3) is 1.00. The number of rotatable bonds is 21. The molecule has 0 unspecified atom stereocenters. The van der Waals surface area contributed by atoms with Crippen molar-refractivity contribution < 1.29 is 0 Å². The average molecular weight is 382 g/mol. The lowest BCUT2D eigenvalue weighted by molar-refractivity contribution is 0.358. The first kappa shape index (κ1) is 27.0. The maximum atomic E-state index is 3.62. The Hall–Kier alpha value is -0.0400. The fourth-order valence-corrected chi connectivity index (χ4v) is 3.83. The van der Waals surface area contributed by atoms with Crippen LogP contribution >= 0.6 is 0 Å². The molecule has 0 amide bonds. The third-order valence-corrected chi connectivity index (χ3v) is 5.74. The van der Waals surface area contributed by atoms with E-state index in [1.54, 1.807) is 0 Å². The van der Waals surface area contributed by atoms with E-state index in [0.717, 1.165) is 0 Å². The molecule has 0 spiro atoms. The second-order valence-corrected chi connectivity index (χ2v) is 10.1. The topological polar surface area (TPSA) is 12.0 Å². The molecule has 0 radical (unpaired) electrons. The molecule has 0 rings (SSSR count). The van der Waals surface area contributed by atoms with Crippen molar-refractivity contribution in [1.29, 1.82) is 0 Å². The van der Waals surface area contributed by atoms with E-state index in [-0.39, 0.29) is 0 Å². The third kappa shape index (κ3) is 26.0. The van der Waals surface area contributed by atoms with Gasteiger partial charge in [0.15, 0.2) is 0 Å². The zero-order valence-electron chi connectivity index (χ0n) is 19.8. The van der Waals surface area contributed by atoms with Gasteiger partial charge in [0.05, 0.1) is 0 Å². The summed E-state index contributed by atoms with van der Waals surface area (Å²) >= 11 is 0. The van der Waals surface area contributed by atoms with Gasteiger partial charge in [-0.25, -0.2) is 0 Å². The van der Waals surface area contributed by atoms with Gasteiger partial charge in [-0.3, -0.25) is 0 Å². The van der Waals surface area contributed by atoms with E-state index < -0.39 is 0 Å². The van der Waals surface area contributed by atoms with Gasteiger partial charge in [-0.2, -0.15) is 0 Å². The van der Waals surface area contributed by atoms with Crippen LogP contribution in [0.25, 0.3) is 0 Å². The van der Waals surface area contributed by atoms with E-state index >= 15 is 0 Å². The Morgan fingerprint density at radius 3 is 1.15 bits per heavy atom. The normalized spacial score (nSPS) is 12.0. The maximum absolute atomic E-state index is 3.62. The second-order valence-electron chi connectivity index (χ2n) is 10.1. The Balaban J connectivity index is 3.01. The van der Waals surface area contributed by atoms with Crippen molar-refractivity contribution in [3.05, 3.63) is 0 Å².